The molecule has 2 aliphatic rings. The molecule has 5 nitrogen and oxygen atoms in total. The first-order valence-corrected chi connectivity index (χ1v) is 5.81. The lowest BCUT2D eigenvalue weighted by molar-refractivity contribution is -0.139. The minimum atomic E-state index is -0.237. The molecule has 0 aromatic carbocycles. The van der Waals surface area contributed by atoms with Crippen molar-refractivity contribution >= 4 is 11.8 Å². The summed E-state index contributed by atoms with van der Waals surface area (Å²) in [5.41, 5.74) is 5.24. The van der Waals surface area contributed by atoms with Gasteiger partial charge in [0.25, 0.3) is 0 Å². The predicted octanol–water partition coefficient (Wildman–Crippen LogP) is -0.253. The quantitative estimate of drug-likeness (QED) is 0.721. The van der Waals surface area contributed by atoms with Crippen LogP contribution in [-0.4, -0.2) is 43.0 Å². The van der Waals surface area contributed by atoms with E-state index in [9.17, 15) is 9.59 Å². The van der Waals surface area contributed by atoms with Gasteiger partial charge in [0, 0.05) is 31.3 Å². The summed E-state index contributed by atoms with van der Waals surface area (Å²) in [7, 11) is 0. The van der Waals surface area contributed by atoms with Gasteiger partial charge in [0.1, 0.15) is 0 Å². The molecule has 0 unspecified atom stereocenters. The predicted molar refractivity (Wildman–Crippen MR) is 57.4 cm³/mol. The maximum absolute atomic E-state index is 11.8. The van der Waals surface area contributed by atoms with Crippen molar-refractivity contribution in [3.8, 4) is 0 Å². The van der Waals surface area contributed by atoms with Crippen molar-refractivity contribution in [1.82, 2.24) is 4.90 Å². The maximum Gasteiger partial charge on any atom is 0.223 e. The van der Waals surface area contributed by atoms with Gasteiger partial charge in [-0.3, -0.25) is 9.59 Å². The molecule has 2 heterocycles. The molecular formula is C11H18N2O3. The van der Waals surface area contributed by atoms with Crippen LogP contribution in [0.3, 0.4) is 0 Å². The highest BCUT2D eigenvalue weighted by atomic mass is 16.5. The van der Waals surface area contributed by atoms with Gasteiger partial charge in [0.05, 0.1) is 13.2 Å². The van der Waals surface area contributed by atoms with Crippen molar-refractivity contribution in [1.29, 1.82) is 0 Å². The van der Waals surface area contributed by atoms with E-state index in [2.05, 4.69) is 0 Å². The SMILES string of the molecule is NC(=O)C1CCN(C(=O)CC2COC2)CC1. The molecule has 0 aromatic heterocycles. The number of carbonyl (C=O) groups excluding carboxylic acids is 2. The van der Waals surface area contributed by atoms with Crippen molar-refractivity contribution < 1.29 is 14.3 Å². The van der Waals surface area contributed by atoms with Crippen LogP contribution in [0, 0.1) is 11.8 Å². The van der Waals surface area contributed by atoms with E-state index in [0.717, 1.165) is 0 Å². The first kappa shape index (κ1) is 11.4. The second kappa shape index (κ2) is 4.82. The van der Waals surface area contributed by atoms with E-state index in [0.29, 0.717) is 51.5 Å². The highest BCUT2D eigenvalue weighted by molar-refractivity contribution is 5.79. The van der Waals surface area contributed by atoms with Crippen LogP contribution in [0.25, 0.3) is 0 Å². The Balaban J connectivity index is 1.74. The second-order valence-corrected chi connectivity index (χ2v) is 4.67. The first-order chi connectivity index (χ1) is 7.66. The molecule has 2 N–H and O–H groups in total. The summed E-state index contributed by atoms with van der Waals surface area (Å²) in [6, 6.07) is 0. The van der Waals surface area contributed by atoms with Crippen LogP contribution in [0.2, 0.25) is 0 Å². The molecule has 5 heteroatoms. The van der Waals surface area contributed by atoms with Gasteiger partial charge in [0.2, 0.25) is 11.8 Å². The van der Waals surface area contributed by atoms with Gasteiger partial charge in [-0.15, -0.1) is 0 Å². The third-order valence-corrected chi connectivity index (χ3v) is 3.42. The number of primary amides is 1. The van der Waals surface area contributed by atoms with Gasteiger partial charge in [-0.2, -0.15) is 0 Å². The lowest BCUT2D eigenvalue weighted by Crippen LogP contribution is -2.43. The van der Waals surface area contributed by atoms with Gasteiger partial charge in [-0.1, -0.05) is 0 Å². The Hall–Kier alpha value is -1.10. The third kappa shape index (κ3) is 2.52. The highest BCUT2D eigenvalue weighted by Crippen LogP contribution is 2.20. The van der Waals surface area contributed by atoms with Crippen LogP contribution in [0.15, 0.2) is 0 Å². The van der Waals surface area contributed by atoms with Crippen LogP contribution >= 0.6 is 0 Å². The van der Waals surface area contributed by atoms with Gasteiger partial charge in [0.15, 0.2) is 0 Å². The number of piperidine rings is 1. The van der Waals surface area contributed by atoms with E-state index >= 15 is 0 Å². The molecule has 2 amide bonds. The van der Waals surface area contributed by atoms with Crippen LogP contribution in [0.1, 0.15) is 19.3 Å². The Morgan fingerprint density at radius 1 is 1.25 bits per heavy atom. The molecule has 0 aliphatic carbocycles. The fraction of sp³-hybridized carbons (Fsp3) is 0.818. The summed E-state index contributed by atoms with van der Waals surface area (Å²) in [4.78, 5) is 24.6. The van der Waals surface area contributed by atoms with Crippen molar-refractivity contribution in [3.63, 3.8) is 0 Å². The lowest BCUT2D eigenvalue weighted by atomic mass is 9.95. The number of likely N-dealkylation sites (tertiary alicyclic amines) is 1. The van der Waals surface area contributed by atoms with Crippen LogP contribution in [0.5, 0.6) is 0 Å². The van der Waals surface area contributed by atoms with Crippen molar-refractivity contribution in [3.05, 3.63) is 0 Å². The molecule has 16 heavy (non-hydrogen) atoms. The molecule has 0 atom stereocenters. The number of nitrogens with two attached hydrogens (primary N) is 1. The van der Waals surface area contributed by atoms with E-state index in [4.69, 9.17) is 10.5 Å². The Morgan fingerprint density at radius 3 is 2.31 bits per heavy atom. The summed E-state index contributed by atoms with van der Waals surface area (Å²) in [5.74, 6) is 0.313. The topological polar surface area (TPSA) is 72.6 Å². The molecule has 90 valence electrons. The van der Waals surface area contributed by atoms with Crippen LogP contribution < -0.4 is 5.73 Å². The summed E-state index contributed by atoms with van der Waals surface area (Å²) in [6.45, 7) is 2.76. The molecule has 0 saturated carbocycles. The second-order valence-electron chi connectivity index (χ2n) is 4.67. The molecule has 0 radical (unpaired) electrons. The molecule has 2 aliphatic heterocycles. The van der Waals surface area contributed by atoms with Gasteiger partial charge >= 0.3 is 0 Å². The molecule has 0 spiro atoms. The first-order valence-electron chi connectivity index (χ1n) is 5.81. The summed E-state index contributed by atoms with van der Waals surface area (Å²) in [6.07, 6.45) is 2.01. The van der Waals surface area contributed by atoms with Crippen molar-refractivity contribution in [2.24, 2.45) is 17.6 Å². The highest BCUT2D eigenvalue weighted by Gasteiger charge is 2.28. The number of rotatable bonds is 3. The molecular weight excluding hydrogens is 208 g/mol. The van der Waals surface area contributed by atoms with Gasteiger partial charge in [-0.25, -0.2) is 0 Å². The third-order valence-electron chi connectivity index (χ3n) is 3.42. The average Bonchev–Trinajstić information content (AvgIpc) is 2.23. The van der Waals surface area contributed by atoms with Gasteiger partial charge < -0.3 is 15.4 Å². The lowest BCUT2D eigenvalue weighted by Gasteiger charge is -2.33. The standard InChI is InChI=1S/C11H18N2O3/c12-11(15)9-1-3-13(4-2-9)10(14)5-8-6-16-7-8/h8-9H,1-7H2,(H2,12,15). The minimum absolute atomic E-state index is 0.0453. The Kier molecular flexibility index (Phi) is 3.43. The zero-order valence-electron chi connectivity index (χ0n) is 9.35. The number of hydrogen-bond donors (Lipinski definition) is 1. The van der Waals surface area contributed by atoms with E-state index in [-0.39, 0.29) is 17.7 Å². The number of amides is 2. The minimum Gasteiger partial charge on any atom is -0.381 e. The Morgan fingerprint density at radius 2 is 1.88 bits per heavy atom. The normalized spacial score (nSPS) is 22.9. The Labute approximate surface area is 94.9 Å². The number of hydrogen-bond acceptors (Lipinski definition) is 3. The van der Waals surface area contributed by atoms with E-state index in [1.807, 2.05) is 4.90 Å². The molecule has 2 fully saturated rings. The van der Waals surface area contributed by atoms with E-state index < -0.39 is 0 Å². The maximum atomic E-state index is 11.8. The largest absolute Gasteiger partial charge is 0.381 e. The number of nitrogens with zero attached hydrogens (tertiary/aromatic N) is 1. The zero-order chi connectivity index (χ0) is 11.5. The summed E-state index contributed by atoms with van der Waals surface area (Å²) < 4.78 is 5.04. The zero-order valence-corrected chi connectivity index (χ0v) is 9.35. The van der Waals surface area contributed by atoms with E-state index in [1.165, 1.54) is 0 Å². The molecule has 0 bridgehead atoms. The van der Waals surface area contributed by atoms with Crippen LogP contribution in [-0.2, 0) is 14.3 Å². The fourth-order valence-electron chi connectivity index (χ4n) is 2.19. The van der Waals surface area contributed by atoms with E-state index in [1.54, 1.807) is 0 Å². The van der Waals surface area contributed by atoms with Crippen molar-refractivity contribution in [2.45, 2.75) is 19.3 Å². The fourth-order valence-corrected chi connectivity index (χ4v) is 2.19. The summed E-state index contributed by atoms with van der Waals surface area (Å²) >= 11 is 0. The van der Waals surface area contributed by atoms with Crippen LogP contribution in [0.4, 0.5) is 0 Å². The summed E-state index contributed by atoms with van der Waals surface area (Å²) in [5, 5.41) is 0. The Bertz CT molecular complexity index is 281. The van der Waals surface area contributed by atoms with Crippen molar-refractivity contribution in [2.75, 3.05) is 26.3 Å². The molecule has 2 saturated heterocycles. The smallest absolute Gasteiger partial charge is 0.223 e. The molecule has 0 aromatic rings. The van der Waals surface area contributed by atoms with Gasteiger partial charge in [-0.05, 0) is 12.8 Å². The monoisotopic (exact) mass is 226 g/mol. The number of ether oxygens (including phenoxy) is 1. The average molecular weight is 226 g/mol. The number of carbonyl (C=O) groups is 2. The molecule has 2 rings (SSSR count).